The number of pyridine rings is 1. The molecule has 0 amide bonds. The maximum atomic E-state index is 12.6. The zero-order valence-corrected chi connectivity index (χ0v) is 35.9. The second-order valence-corrected chi connectivity index (χ2v) is 15.3. The van der Waals surface area contributed by atoms with Gasteiger partial charge in [0, 0.05) is 48.6 Å². The number of hydrogen-bond donors (Lipinski definition) is 0. The monoisotopic (exact) mass is 959 g/mol. The van der Waals surface area contributed by atoms with Crippen LogP contribution < -0.4 is 0 Å². The van der Waals surface area contributed by atoms with Gasteiger partial charge in [-0.3, -0.25) is 9.37 Å². The zero-order valence-electron chi connectivity index (χ0n) is 33.5. The summed E-state index contributed by atoms with van der Waals surface area (Å²) in [6, 6.07) is 56.2. The van der Waals surface area contributed by atoms with E-state index in [4.69, 9.17) is 9.40 Å². The Hall–Kier alpha value is -6.71. The summed E-state index contributed by atoms with van der Waals surface area (Å²) in [4.78, 5) is 9.41. The maximum Gasteiger partial charge on any atom is 0.128 e. The summed E-state index contributed by atoms with van der Waals surface area (Å²) in [6.45, 7) is 9.08. The molecule has 0 aliphatic carbocycles. The third-order valence-corrected chi connectivity index (χ3v) is 10.8. The number of hydrogen-bond acceptors (Lipinski definition) is 4. The number of imidazole rings is 1. The summed E-state index contributed by atoms with van der Waals surface area (Å²) in [7, 11) is 0. The van der Waals surface area contributed by atoms with Crippen molar-refractivity contribution in [2.45, 2.75) is 39.5 Å². The van der Waals surface area contributed by atoms with Crippen molar-refractivity contribution in [2.24, 2.45) is 0 Å². The van der Waals surface area contributed by atoms with Gasteiger partial charge in [-0.2, -0.15) is 5.26 Å². The first kappa shape index (κ1) is 40.1. The van der Waals surface area contributed by atoms with Crippen LogP contribution in [-0.4, -0.2) is 14.5 Å². The molecule has 0 aliphatic heterocycles. The number of para-hydroxylation sites is 2. The summed E-state index contributed by atoms with van der Waals surface area (Å²) >= 11 is 0. The Morgan fingerprint density at radius 3 is 2.12 bits per heavy atom. The van der Waals surface area contributed by atoms with Gasteiger partial charge >= 0.3 is 0 Å². The van der Waals surface area contributed by atoms with Gasteiger partial charge < -0.3 is 14.0 Å². The molecule has 10 aromatic rings. The fourth-order valence-corrected chi connectivity index (χ4v) is 7.89. The number of benzene rings is 7. The van der Waals surface area contributed by atoms with Crippen LogP contribution in [0, 0.1) is 29.3 Å². The molecule has 7 heteroatoms. The first-order valence-corrected chi connectivity index (χ1v) is 19.8. The van der Waals surface area contributed by atoms with E-state index in [1.54, 1.807) is 12.3 Å². The molecule has 3 aromatic heterocycles. The van der Waals surface area contributed by atoms with Gasteiger partial charge in [0.05, 0.1) is 34.1 Å². The number of nitrogens with zero attached hydrogens (tertiary/aromatic N) is 4. The van der Waals surface area contributed by atoms with Gasteiger partial charge in [0.2, 0.25) is 0 Å². The molecule has 0 saturated heterocycles. The average Bonchev–Trinajstić information content (AvgIpc) is 3.86. The fourth-order valence-electron chi connectivity index (χ4n) is 7.89. The summed E-state index contributed by atoms with van der Waals surface area (Å²) in [5, 5.41) is 13.5. The van der Waals surface area contributed by atoms with Gasteiger partial charge in [-0.05, 0) is 93.7 Å². The van der Waals surface area contributed by atoms with Crippen LogP contribution in [0.15, 0.2) is 156 Å². The number of aromatic nitrogens is 3. The van der Waals surface area contributed by atoms with Gasteiger partial charge in [-0.25, -0.2) is 0 Å². The summed E-state index contributed by atoms with van der Waals surface area (Å²) in [5.74, 6) is 1.06. The molecule has 0 spiro atoms. The van der Waals surface area contributed by atoms with Crippen molar-refractivity contribution in [1.82, 2.24) is 14.5 Å². The van der Waals surface area contributed by atoms with Crippen LogP contribution in [0.2, 0.25) is 0 Å². The quantitative estimate of drug-likeness (QED) is 0.156. The Balaban J connectivity index is 0.000000304. The Morgan fingerprint density at radius 1 is 0.700 bits per heavy atom. The van der Waals surface area contributed by atoms with Crippen molar-refractivity contribution < 1.29 is 28.9 Å². The van der Waals surface area contributed by atoms with Gasteiger partial charge in [0.15, 0.2) is 0 Å². The number of fused-ring (bicyclic) bond motifs is 6. The Labute approximate surface area is 362 Å². The molecule has 0 fully saturated rings. The third kappa shape index (κ3) is 7.41. The van der Waals surface area contributed by atoms with E-state index in [1.807, 2.05) is 48.5 Å². The Morgan fingerprint density at radius 2 is 1.42 bits per heavy atom. The number of nitriles is 1. The minimum atomic E-state index is -0.278. The van der Waals surface area contributed by atoms with E-state index >= 15 is 0 Å². The van der Waals surface area contributed by atoms with Crippen LogP contribution >= 0.6 is 0 Å². The molecule has 1 radical (unpaired) electrons. The number of furan rings is 1. The van der Waals surface area contributed by atoms with Crippen LogP contribution in [0.4, 0.5) is 4.39 Å². The minimum Gasteiger partial charge on any atom is -0.500 e. The second kappa shape index (κ2) is 16.9. The largest absolute Gasteiger partial charge is 0.500 e. The van der Waals surface area contributed by atoms with E-state index in [1.165, 1.54) is 40.1 Å². The minimum absolute atomic E-state index is 0. The van der Waals surface area contributed by atoms with E-state index in [0.717, 1.165) is 66.4 Å². The zero-order chi connectivity index (χ0) is 40.6. The van der Waals surface area contributed by atoms with Crippen LogP contribution in [0.1, 0.15) is 56.2 Å². The summed E-state index contributed by atoms with van der Waals surface area (Å²) < 4.78 is 21.7. The molecule has 10 rings (SSSR count). The smallest absolute Gasteiger partial charge is 0.128 e. The van der Waals surface area contributed by atoms with E-state index in [0.29, 0.717) is 5.56 Å². The van der Waals surface area contributed by atoms with Gasteiger partial charge in [-0.15, -0.1) is 48.0 Å². The van der Waals surface area contributed by atoms with Crippen molar-refractivity contribution in [3.8, 4) is 45.5 Å². The van der Waals surface area contributed by atoms with E-state index in [2.05, 4.69) is 134 Å². The van der Waals surface area contributed by atoms with Crippen molar-refractivity contribution in [2.75, 3.05) is 0 Å². The molecule has 0 atom stereocenters. The molecule has 0 N–H and O–H groups in total. The van der Waals surface area contributed by atoms with Crippen LogP contribution in [0.3, 0.4) is 0 Å². The second-order valence-electron chi connectivity index (χ2n) is 15.3. The molecule has 0 aliphatic rings. The Kier molecular flexibility index (Phi) is 11.3. The predicted octanol–water partition coefficient (Wildman–Crippen LogP) is 14.0. The van der Waals surface area contributed by atoms with Crippen molar-refractivity contribution >= 4 is 43.7 Å². The molecule has 0 unspecified atom stereocenters. The first-order chi connectivity index (χ1) is 28.8. The van der Waals surface area contributed by atoms with Gasteiger partial charge in [-0.1, -0.05) is 105 Å². The normalized spacial score (nSPS) is 11.2. The van der Waals surface area contributed by atoms with Crippen molar-refractivity contribution in [1.29, 1.82) is 5.26 Å². The molecule has 0 saturated carbocycles. The number of rotatable bonds is 6. The maximum absolute atomic E-state index is 12.6. The van der Waals surface area contributed by atoms with Crippen LogP contribution in [0.25, 0.3) is 83.2 Å². The SMILES string of the molecule is CC(C)c1cc(-c2ccccc2)cc(C(C)C)c1-n1c(-c2[c-]ccc3c2oc2c4ccc(C#N)cc4ccc32)nc2ccccc21.Fc1c[c-]c(-c2ccccn2)cc1.[Ir]. The fraction of sp³-hybridized carbons (Fsp3) is 0.113. The molecule has 3 heterocycles. The van der Waals surface area contributed by atoms with E-state index < -0.39 is 0 Å². The molecular weight excluding hydrogens is 920 g/mol. The molecule has 7 aromatic carbocycles. The molecule has 60 heavy (non-hydrogen) atoms. The predicted molar refractivity (Wildman–Crippen MR) is 237 cm³/mol. The standard InChI is InChI=1S/C42H32N3O.C11H7FN.Ir/c1-25(2)35-22-30(28-11-6-5-7-12-28)23-36(26(3)4)39(35)45-38-16-9-8-15-37(38)44-42(45)34-14-10-13-32-33-20-18-29-21-27(24-43)17-19-31(29)40(33)46-41(32)34;12-10-6-4-9(5-7-10)11-3-1-2-8-13-11;/h5-13,15-23,25-26H,1-4H3;1-4,6-8H;/q2*-1;. The third-order valence-electron chi connectivity index (χ3n) is 10.8. The average molecular weight is 959 g/mol. The first-order valence-electron chi connectivity index (χ1n) is 19.8. The topological polar surface area (TPSA) is 67.6 Å². The van der Waals surface area contributed by atoms with Crippen molar-refractivity contribution in [3.05, 3.63) is 186 Å². The summed E-state index contributed by atoms with van der Waals surface area (Å²) in [6.07, 6.45) is 1.70. The van der Waals surface area contributed by atoms with Crippen molar-refractivity contribution in [3.63, 3.8) is 0 Å². The van der Waals surface area contributed by atoms with E-state index in [-0.39, 0.29) is 37.8 Å². The molecule has 0 bridgehead atoms. The van der Waals surface area contributed by atoms with E-state index in [9.17, 15) is 9.65 Å². The van der Waals surface area contributed by atoms with Gasteiger partial charge in [0.25, 0.3) is 0 Å². The van der Waals surface area contributed by atoms with Crippen LogP contribution in [-0.2, 0) is 20.1 Å². The molecule has 295 valence electrons. The molecule has 5 nitrogen and oxygen atoms in total. The Bertz CT molecular complexity index is 3150. The molecular formula is C53H39FIrN4O-2. The number of halogens is 1. The summed E-state index contributed by atoms with van der Waals surface area (Å²) in [5.41, 5.74) is 12.7. The van der Waals surface area contributed by atoms with Crippen LogP contribution in [0.5, 0.6) is 0 Å². The van der Waals surface area contributed by atoms with Gasteiger partial charge in [0.1, 0.15) is 5.58 Å².